The van der Waals surface area contributed by atoms with Gasteiger partial charge in [0, 0.05) is 17.6 Å². The summed E-state index contributed by atoms with van der Waals surface area (Å²) in [5, 5.41) is 4.51. The molecular weight excluding hydrogens is 184 g/mol. The Balaban J connectivity index is 2.46. The van der Waals surface area contributed by atoms with Gasteiger partial charge in [-0.25, -0.2) is 0 Å². The molecular formula is C13H16N2. The molecule has 1 unspecified atom stereocenters. The Hall–Kier alpha value is -1.41. The molecule has 1 atom stereocenters. The van der Waals surface area contributed by atoms with Gasteiger partial charge in [-0.15, -0.1) is 0 Å². The molecule has 78 valence electrons. The Bertz CT molecular complexity index is 447. The fraction of sp³-hybridized carbons (Fsp3) is 0.308. The number of nitrogens with one attached hydrogen (secondary N) is 1. The van der Waals surface area contributed by atoms with E-state index in [1.807, 2.05) is 19.3 Å². The molecule has 0 bridgehead atoms. The van der Waals surface area contributed by atoms with E-state index in [0.29, 0.717) is 6.04 Å². The van der Waals surface area contributed by atoms with Crippen molar-refractivity contribution in [2.24, 2.45) is 0 Å². The average Bonchev–Trinajstić information content (AvgIpc) is 2.30. The lowest BCUT2D eigenvalue weighted by molar-refractivity contribution is 0.577. The van der Waals surface area contributed by atoms with Crippen molar-refractivity contribution >= 4 is 10.9 Å². The fourth-order valence-electron chi connectivity index (χ4n) is 1.91. The minimum atomic E-state index is 0.427. The lowest BCUT2D eigenvalue weighted by Gasteiger charge is -2.14. The van der Waals surface area contributed by atoms with Crippen LogP contribution in [0, 0.1) is 0 Å². The molecule has 0 spiro atoms. The number of hydrogen-bond acceptors (Lipinski definition) is 2. The van der Waals surface area contributed by atoms with Crippen LogP contribution < -0.4 is 5.32 Å². The van der Waals surface area contributed by atoms with Gasteiger partial charge in [0.15, 0.2) is 0 Å². The molecule has 2 heteroatoms. The Morgan fingerprint density at radius 1 is 1.33 bits per heavy atom. The van der Waals surface area contributed by atoms with Crippen LogP contribution in [0.15, 0.2) is 36.5 Å². The largest absolute Gasteiger partial charge is 0.313 e. The van der Waals surface area contributed by atoms with Gasteiger partial charge in [-0.3, -0.25) is 4.98 Å². The summed E-state index contributed by atoms with van der Waals surface area (Å²) in [5.41, 5.74) is 2.38. The topological polar surface area (TPSA) is 24.9 Å². The van der Waals surface area contributed by atoms with Crippen LogP contribution in [0.3, 0.4) is 0 Å². The zero-order chi connectivity index (χ0) is 10.7. The molecule has 0 aliphatic heterocycles. The van der Waals surface area contributed by atoms with Crippen molar-refractivity contribution in [1.29, 1.82) is 0 Å². The maximum atomic E-state index is 4.37. The molecule has 0 saturated carbocycles. The van der Waals surface area contributed by atoms with E-state index in [0.717, 1.165) is 11.9 Å². The molecule has 0 saturated heterocycles. The van der Waals surface area contributed by atoms with E-state index in [9.17, 15) is 0 Å². The first-order chi connectivity index (χ1) is 7.35. The molecule has 2 nitrogen and oxygen atoms in total. The maximum absolute atomic E-state index is 4.37. The third kappa shape index (κ3) is 2.00. The van der Waals surface area contributed by atoms with E-state index in [4.69, 9.17) is 0 Å². The summed E-state index contributed by atoms with van der Waals surface area (Å²) in [6.45, 7) is 2.18. The van der Waals surface area contributed by atoms with Crippen molar-refractivity contribution in [2.75, 3.05) is 7.05 Å². The third-order valence-electron chi connectivity index (χ3n) is 2.79. The Morgan fingerprint density at radius 3 is 2.93 bits per heavy atom. The summed E-state index contributed by atoms with van der Waals surface area (Å²) in [6.07, 6.45) is 2.93. The molecule has 1 aromatic heterocycles. The summed E-state index contributed by atoms with van der Waals surface area (Å²) in [6, 6.07) is 11.0. The van der Waals surface area contributed by atoms with Crippen molar-refractivity contribution in [3.8, 4) is 0 Å². The van der Waals surface area contributed by atoms with Crippen molar-refractivity contribution < 1.29 is 0 Å². The van der Waals surface area contributed by atoms with Crippen LogP contribution in [0.25, 0.3) is 10.9 Å². The van der Waals surface area contributed by atoms with Gasteiger partial charge >= 0.3 is 0 Å². The second kappa shape index (κ2) is 4.41. The molecule has 0 aliphatic carbocycles. The molecule has 1 N–H and O–H groups in total. The van der Waals surface area contributed by atoms with E-state index in [1.165, 1.54) is 10.9 Å². The van der Waals surface area contributed by atoms with Gasteiger partial charge in [-0.1, -0.05) is 25.1 Å². The highest BCUT2D eigenvalue weighted by molar-refractivity contribution is 5.78. The molecule has 0 radical (unpaired) electrons. The first-order valence-corrected chi connectivity index (χ1v) is 5.37. The number of hydrogen-bond donors (Lipinski definition) is 1. The van der Waals surface area contributed by atoms with Crippen LogP contribution in [0.1, 0.15) is 24.9 Å². The summed E-state index contributed by atoms with van der Waals surface area (Å²) in [7, 11) is 2.00. The molecule has 0 amide bonds. The number of benzene rings is 1. The highest BCUT2D eigenvalue weighted by atomic mass is 14.9. The quantitative estimate of drug-likeness (QED) is 0.824. The van der Waals surface area contributed by atoms with Gasteiger partial charge in [0.25, 0.3) is 0 Å². The van der Waals surface area contributed by atoms with Gasteiger partial charge in [0.1, 0.15) is 0 Å². The predicted octanol–water partition coefficient (Wildman–Crippen LogP) is 2.91. The van der Waals surface area contributed by atoms with E-state index >= 15 is 0 Å². The Kier molecular flexibility index (Phi) is 2.97. The monoisotopic (exact) mass is 200 g/mol. The van der Waals surface area contributed by atoms with Crippen LogP contribution in [-0.2, 0) is 0 Å². The van der Waals surface area contributed by atoms with E-state index in [-0.39, 0.29) is 0 Å². The smallest absolute Gasteiger partial charge is 0.0705 e. The van der Waals surface area contributed by atoms with E-state index in [1.54, 1.807) is 0 Å². The minimum absolute atomic E-state index is 0.427. The van der Waals surface area contributed by atoms with Crippen LogP contribution >= 0.6 is 0 Å². The lowest BCUT2D eigenvalue weighted by Crippen LogP contribution is -2.14. The normalized spacial score (nSPS) is 12.9. The van der Waals surface area contributed by atoms with Gasteiger partial charge in [-0.05, 0) is 31.2 Å². The van der Waals surface area contributed by atoms with Crippen molar-refractivity contribution in [2.45, 2.75) is 19.4 Å². The van der Waals surface area contributed by atoms with E-state index < -0.39 is 0 Å². The first kappa shape index (κ1) is 10.1. The lowest BCUT2D eigenvalue weighted by atomic mass is 10.0. The highest BCUT2D eigenvalue weighted by Gasteiger charge is 2.06. The maximum Gasteiger partial charge on any atom is 0.0705 e. The van der Waals surface area contributed by atoms with Gasteiger partial charge in [0.2, 0.25) is 0 Å². The summed E-state index contributed by atoms with van der Waals surface area (Å²) < 4.78 is 0. The highest BCUT2D eigenvalue weighted by Crippen LogP contribution is 2.20. The van der Waals surface area contributed by atoms with Crippen LogP contribution in [-0.4, -0.2) is 12.0 Å². The zero-order valence-electron chi connectivity index (χ0n) is 9.20. The summed E-state index contributed by atoms with van der Waals surface area (Å²) in [5.74, 6) is 0. The molecule has 0 aliphatic rings. The van der Waals surface area contributed by atoms with Gasteiger partial charge < -0.3 is 5.32 Å². The minimum Gasteiger partial charge on any atom is -0.313 e. The number of fused-ring (bicyclic) bond motifs is 1. The average molecular weight is 200 g/mol. The second-order valence-electron chi connectivity index (χ2n) is 3.71. The fourth-order valence-corrected chi connectivity index (χ4v) is 1.91. The molecule has 1 heterocycles. The van der Waals surface area contributed by atoms with Gasteiger partial charge in [0.05, 0.1) is 5.52 Å². The number of nitrogens with zero attached hydrogens (tertiary/aromatic N) is 1. The number of aromatic nitrogens is 1. The Labute approximate surface area is 90.3 Å². The Morgan fingerprint density at radius 2 is 2.20 bits per heavy atom. The van der Waals surface area contributed by atoms with Gasteiger partial charge in [-0.2, -0.15) is 0 Å². The number of pyridine rings is 1. The summed E-state index contributed by atoms with van der Waals surface area (Å²) in [4.78, 5) is 4.37. The summed E-state index contributed by atoms with van der Waals surface area (Å²) >= 11 is 0. The standard InChI is InChI=1S/C13H16N2/c1-3-12(14-2)11-7-6-10-5-4-8-15-13(10)9-11/h4-9,12,14H,3H2,1-2H3. The van der Waals surface area contributed by atoms with Crippen LogP contribution in [0.4, 0.5) is 0 Å². The van der Waals surface area contributed by atoms with E-state index in [2.05, 4.69) is 41.5 Å². The predicted molar refractivity (Wildman–Crippen MR) is 63.8 cm³/mol. The molecule has 15 heavy (non-hydrogen) atoms. The van der Waals surface area contributed by atoms with Crippen molar-refractivity contribution in [3.05, 3.63) is 42.1 Å². The molecule has 0 fully saturated rings. The zero-order valence-corrected chi connectivity index (χ0v) is 9.20. The molecule has 2 aromatic rings. The van der Waals surface area contributed by atoms with Crippen molar-refractivity contribution in [3.63, 3.8) is 0 Å². The molecule has 1 aromatic carbocycles. The number of rotatable bonds is 3. The first-order valence-electron chi connectivity index (χ1n) is 5.37. The van der Waals surface area contributed by atoms with Crippen LogP contribution in [0.2, 0.25) is 0 Å². The molecule has 2 rings (SSSR count). The second-order valence-corrected chi connectivity index (χ2v) is 3.71. The third-order valence-corrected chi connectivity index (χ3v) is 2.79. The van der Waals surface area contributed by atoms with Crippen molar-refractivity contribution in [1.82, 2.24) is 10.3 Å². The van der Waals surface area contributed by atoms with Crippen LogP contribution in [0.5, 0.6) is 0 Å². The SMILES string of the molecule is CCC(NC)c1ccc2cccnc2c1.